The summed E-state index contributed by atoms with van der Waals surface area (Å²) in [7, 11) is 0. The minimum atomic E-state index is -0.360. The lowest BCUT2D eigenvalue weighted by molar-refractivity contribution is -0.128. The first-order chi connectivity index (χ1) is 9.59. The van der Waals surface area contributed by atoms with E-state index in [0.29, 0.717) is 24.6 Å². The second-order valence-electron chi connectivity index (χ2n) is 5.10. The Morgan fingerprint density at radius 1 is 1.45 bits per heavy atom. The molecule has 1 aliphatic heterocycles. The Morgan fingerprint density at radius 3 is 2.70 bits per heavy atom. The van der Waals surface area contributed by atoms with Gasteiger partial charge in [-0.3, -0.25) is 4.79 Å². The molecule has 5 heteroatoms. The number of benzene rings is 1. The average Bonchev–Trinajstić information content (AvgIpc) is 2.86. The van der Waals surface area contributed by atoms with Crippen LogP contribution in [0.4, 0.5) is 5.69 Å². The summed E-state index contributed by atoms with van der Waals surface area (Å²) in [6.45, 7) is 3.19. The molecule has 1 aliphatic rings. The van der Waals surface area contributed by atoms with E-state index in [9.17, 15) is 4.79 Å². The zero-order valence-corrected chi connectivity index (χ0v) is 12.4. The van der Waals surface area contributed by atoms with Crippen LogP contribution in [0.1, 0.15) is 19.8 Å². The Morgan fingerprint density at radius 2 is 2.15 bits per heavy atom. The molecule has 20 heavy (non-hydrogen) atoms. The predicted octanol–water partition coefficient (Wildman–Crippen LogP) is 2.12. The number of rotatable bonds is 5. The van der Waals surface area contributed by atoms with Gasteiger partial charge in [-0.15, -0.1) is 0 Å². The van der Waals surface area contributed by atoms with Crippen molar-refractivity contribution in [2.24, 2.45) is 11.7 Å². The largest absolute Gasteiger partial charge is 0.393 e. The molecule has 4 nitrogen and oxygen atoms in total. The van der Waals surface area contributed by atoms with E-state index in [1.807, 2.05) is 37.3 Å². The number of carbonyl (C=O) groups is 1. The molecule has 0 bridgehead atoms. The lowest BCUT2D eigenvalue weighted by Gasteiger charge is -2.26. The summed E-state index contributed by atoms with van der Waals surface area (Å²) >= 11 is 4.92. The number of hydrogen-bond donors (Lipinski definition) is 1. The molecule has 0 spiro atoms. The first-order valence-electron chi connectivity index (χ1n) is 6.86. The molecule has 108 valence electrons. The lowest BCUT2D eigenvalue weighted by atomic mass is 10.0. The van der Waals surface area contributed by atoms with Gasteiger partial charge in [0, 0.05) is 25.3 Å². The second kappa shape index (κ2) is 6.81. The number of hydrogen-bond acceptors (Lipinski definition) is 3. The first-order valence-corrected chi connectivity index (χ1v) is 7.26. The SMILES string of the molecule is CC1CCOC1C(=O)N(CCC(N)=S)c1ccccc1. The Hall–Kier alpha value is -1.46. The number of nitrogens with two attached hydrogens (primary N) is 1. The summed E-state index contributed by atoms with van der Waals surface area (Å²) in [6, 6.07) is 9.58. The molecule has 1 amide bonds. The van der Waals surface area contributed by atoms with Crippen molar-refractivity contribution in [1.29, 1.82) is 0 Å². The Kier molecular flexibility index (Phi) is 5.09. The molecular weight excluding hydrogens is 272 g/mol. The highest BCUT2D eigenvalue weighted by atomic mass is 32.1. The number of para-hydroxylation sites is 1. The highest BCUT2D eigenvalue weighted by Crippen LogP contribution is 2.24. The molecule has 1 aromatic rings. The third-order valence-electron chi connectivity index (χ3n) is 3.55. The quantitative estimate of drug-likeness (QED) is 0.845. The molecule has 0 aliphatic carbocycles. The van der Waals surface area contributed by atoms with Crippen LogP contribution in [-0.4, -0.2) is 30.2 Å². The molecule has 1 heterocycles. The van der Waals surface area contributed by atoms with Gasteiger partial charge in [-0.25, -0.2) is 0 Å². The van der Waals surface area contributed by atoms with Gasteiger partial charge in [0.1, 0.15) is 6.10 Å². The maximum atomic E-state index is 12.7. The van der Waals surface area contributed by atoms with E-state index in [-0.39, 0.29) is 17.9 Å². The molecule has 1 saturated heterocycles. The van der Waals surface area contributed by atoms with E-state index >= 15 is 0 Å². The van der Waals surface area contributed by atoms with Gasteiger partial charge in [0.05, 0.1) is 4.99 Å². The van der Waals surface area contributed by atoms with E-state index in [0.717, 1.165) is 12.1 Å². The number of amides is 1. The molecule has 1 aromatic carbocycles. The van der Waals surface area contributed by atoms with Crippen LogP contribution in [0, 0.1) is 5.92 Å². The van der Waals surface area contributed by atoms with Crippen molar-refractivity contribution in [3.8, 4) is 0 Å². The molecule has 2 atom stereocenters. The van der Waals surface area contributed by atoms with Crippen LogP contribution in [0.2, 0.25) is 0 Å². The molecule has 0 aromatic heterocycles. The Labute approximate surface area is 124 Å². The third-order valence-corrected chi connectivity index (χ3v) is 3.75. The van der Waals surface area contributed by atoms with Crippen LogP contribution in [0.3, 0.4) is 0 Å². The number of anilines is 1. The minimum absolute atomic E-state index is 0.00236. The summed E-state index contributed by atoms with van der Waals surface area (Å²) in [5, 5.41) is 0. The number of nitrogens with zero attached hydrogens (tertiary/aromatic N) is 1. The fourth-order valence-corrected chi connectivity index (χ4v) is 2.45. The normalized spacial score (nSPS) is 21.6. The van der Waals surface area contributed by atoms with Crippen molar-refractivity contribution in [2.75, 3.05) is 18.1 Å². The van der Waals surface area contributed by atoms with Crippen molar-refractivity contribution in [1.82, 2.24) is 0 Å². The average molecular weight is 292 g/mol. The van der Waals surface area contributed by atoms with Crippen molar-refractivity contribution < 1.29 is 9.53 Å². The van der Waals surface area contributed by atoms with Gasteiger partial charge in [0.15, 0.2) is 0 Å². The number of thiocarbonyl (C=S) groups is 1. The van der Waals surface area contributed by atoms with Crippen LogP contribution in [0.5, 0.6) is 0 Å². The fraction of sp³-hybridized carbons (Fsp3) is 0.467. The van der Waals surface area contributed by atoms with Gasteiger partial charge in [-0.2, -0.15) is 0 Å². The van der Waals surface area contributed by atoms with Crippen LogP contribution in [0.25, 0.3) is 0 Å². The maximum Gasteiger partial charge on any atom is 0.256 e. The third kappa shape index (κ3) is 3.55. The van der Waals surface area contributed by atoms with E-state index in [4.69, 9.17) is 22.7 Å². The summed E-state index contributed by atoms with van der Waals surface area (Å²) < 4.78 is 5.58. The van der Waals surface area contributed by atoms with Crippen molar-refractivity contribution in [3.63, 3.8) is 0 Å². The topological polar surface area (TPSA) is 55.6 Å². The highest BCUT2D eigenvalue weighted by molar-refractivity contribution is 7.80. The predicted molar refractivity (Wildman–Crippen MR) is 83.7 cm³/mol. The van der Waals surface area contributed by atoms with Gasteiger partial charge in [-0.1, -0.05) is 37.3 Å². The summed E-state index contributed by atoms with van der Waals surface area (Å²) in [4.78, 5) is 14.8. The van der Waals surface area contributed by atoms with Crippen LogP contribution >= 0.6 is 12.2 Å². The molecule has 2 rings (SSSR count). The van der Waals surface area contributed by atoms with Crippen LogP contribution in [0.15, 0.2) is 30.3 Å². The van der Waals surface area contributed by atoms with E-state index < -0.39 is 0 Å². The zero-order chi connectivity index (χ0) is 14.5. The smallest absolute Gasteiger partial charge is 0.256 e. The molecule has 2 unspecified atom stereocenters. The summed E-state index contributed by atoms with van der Waals surface area (Å²) in [5.74, 6) is 0.246. The van der Waals surface area contributed by atoms with E-state index in [2.05, 4.69) is 0 Å². The van der Waals surface area contributed by atoms with E-state index in [1.165, 1.54) is 0 Å². The maximum absolute atomic E-state index is 12.7. The molecule has 2 N–H and O–H groups in total. The summed E-state index contributed by atoms with van der Waals surface area (Å²) in [6.07, 6.45) is 1.08. The monoisotopic (exact) mass is 292 g/mol. The van der Waals surface area contributed by atoms with Crippen molar-refractivity contribution in [3.05, 3.63) is 30.3 Å². The Balaban J connectivity index is 2.17. The highest BCUT2D eigenvalue weighted by Gasteiger charge is 2.34. The van der Waals surface area contributed by atoms with Gasteiger partial charge in [-0.05, 0) is 24.5 Å². The van der Waals surface area contributed by atoms with Crippen LogP contribution < -0.4 is 10.6 Å². The van der Waals surface area contributed by atoms with Gasteiger partial charge < -0.3 is 15.4 Å². The van der Waals surface area contributed by atoms with Gasteiger partial charge in [0.25, 0.3) is 5.91 Å². The molecule has 0 saturated carbocycles. The molecule has 1 fully saturated rings. The second-order valence-corrected chi connectivity index (χ2v) is 5.62. The van der Waals surface area contributed by atoms with Crippen molar-refractivity contribution in [2.45, 2.75) is 25.9 Å². The van der Waals surface area contributed by atoms with Crippen molar-refractivity contribution >= 4 is 28.8 Å². The van der Waals surface area contributed by atoms with E-state index in [1.54, 1.807) is 4.90 Å². The summed E-state index contributed by atoms with van der Waals surface area (Å²) in [5.41, 5.74) is 6.42. The standard InChI is InChI=1S/C15H20N2O2S/c1-11-8-10-19-14(11)15(18)17(9-7-13(16)20)12-5-3-2-4-6-12/h2-6,11,14H,7-10H2,1H3,(H2,16,20). The molecular formula is C15H20N2O2S. The molecule has 0 radical (unpaired) electrons. The van der Waals surface area contributed by atoms with Gasteiger partial charge in [0.2, 0.25) is 0 Å². The minimum Gasteiger partial charge on any atom is -0.393 e. The first kappa shape index (κ1) is 14.9. The zero-order valence-electron chi connectivity index (χ0n) is 11.6. The lowest BCUT2D eigenvalue weighted by Crippen LogP contribution is -2.42. The van der Waals surface area contributed by atoms with Crippen LogP contribution in [-0.2, 0) is 9.53 Å². The number of carbonyl (C=O) groups excluding carboxylic acids is 1. The fourth-order valence-electron chi connectivity index (χ4n) is 2.36. The number of ether oxygens (including phenoxy) is 1. The van der Waals surface area contributed by atoms with Gasteiger partial charge >= 0.3 is 0 Å². The Bertz CT molecular complexity index is 478.